The Labute approximate surface area is 71.1 Å². The van der Waals surface area contributed by atoms with Gasteiger partial charge in [0.05, 0.1) is 5.09 Å². The highest BCUT2D eigenvalue weighted by Crippen LogP contribution is 1.44. The van der Waals surface area contributed by atoms with E-state index in [1.165, 1.54) is 0 Å². The normalized spacial score (nSPS) is 1.85. The van der Waals surface area contributed by atoms with E-state index in [9.17, 15) is 0 Å². The molecule has 0 unspecified atom stereocenters. The predicted molar refractivity (Wildman–Crippen MR) is 42.9 cm³/mol. The molecule has 96 valence electrons. The van der Waals surface area contributed by atoms with Crippen molar-refractivity contribution in [1.29, 1.82) is 0 Å². The molecule has 0 saturated carbocycles. The summed E-state index contributed by atoms with van der Waals surface area (Å²) < 4.78 is 0. The van der Waals surface area contributed by atoms with Crippen LogP contribution >= 0.6 is 0 Å². The lowest BCUT2D eigenvalue weighted by Crippen LogP contribution is -1.74. The highest BCUT2D eigenvalue weighted by molar-refractivity contribution is 4.03. The van der Waals surface area contributed by atoms with Crippen molar-refractivity contribution in [3.8, 4) is 0 Å². The van der Waals surface area contributed by atoms with Crippen molar-refractivity contribution in [2.75, 3.05) is 0 Å². The van der Waals surface area contributed by atoms with Crippen molar-refractivity contribution in [2.45, 2.75) is 0 Å². The number of hydrogen-bond donors (Lipinski definition) is 0. The van der Waals surface area contributed by atoms with Crippen LogP contribution in [0.2, 0.25) is 0 Å². The first-order chi connectivity index (χ1) is 1.73. The monoisotopic (exact) mass is 224 g/mol. The minimum Gasteiger partial charge on any atom is -0.412 e. The zero-order chi connectivity index (χ0) is 3.58. The summed E-state index contributed by atoms with van der Waals surface area (Å²) in [6.07, 6.45) is 0. The molecule has 0 spiro atoms. The van der Waals surface area contributed by atoms with Crippen LogP contribution in [0.3, 0.4) is 0 Å². The first-order valence-corrected chi connectivity index (χ1v) is 0.548. The van der Waals surface area contributed by atoms with Gasteiger partial charge >= 0.3 is 0 Å². The molecule has 0 atom stereocenters. The molecule has 0 radical (unpaired) electrons. The SMILES string of the molecule is O.O.O.O.O.O.O.O.O.O=[N+]([O-])[O-]. The van der Waals surface area contributed by atoms with E-state index in [1.54, 1.807) is 0 Å². The van der Waals surface area contributed by atoms with Gasteiger partial charge in [-0.2, -0.15) is 0 Å². The average molecular weight is 224 g/mol. The van der Waals surface area contributed by atoms with E-state index in [1.807, 2.05) is 0 Å². The van der Waals surface area contributed by atoms with Crippen molar-refractivity contribution < 1.29 is 54.4 Å². The van der Waals surface area contributed by atoms with E-state index < -0.39 is 5.09 Å². The third-order valence-corrected chi connectivity index (χ3v) is 0. The lowest BCUT2D eigenvalue weighted by Gasteiger charge is -1.74. The Balaban J connectivity index is -0.00000000125. The summed E-state index contributed by atoms with van der Waals surface area (Å²) in [6, 6.07) is 0. The van der Waals surface area contributed by atoms with Crippen LogP contribution < -0.4 is 0 Å². The van der Waals surface area contributed by atoms with Crippen LogP contribution in [0, 0.1) is 15.3 Å². The fourth-order valence-corrected chi connectivity index (χ4v) is 0. The van der Waals surface area contributed by atoms with Gasteiger partial charge in [-0.15, -0.1) is 0 Å². The molecule has 0 saturated heterocycles. The molecule has 0 heterocycles. The fourth-order valence-electron chi connectivity index (χ4n) is 0. The van der Waals surface area contributed by atoms with Crippen LogP contribution in [0.1, 0.15) is 0 Å². The van der Waals surface area contributed by atoms with Gasteiger partial charge in [0.15, 0.2) is 0 Å². The Morgan fingerprint density at radius 2 is 0.538 bits per heavy atom. The minimum absolute atomic E-state index is 0. The largest absolute Gasteiger partial charge is 0.412 e. The van der Waals surface area contributed by atoms with E-state index in [4.69, 9.17) is 15.3 Å². The number of rotatable bonds is 0. The Morgan fingerprint density at radius 1 is 0.538 bits per heavy atom. The second kappa shape index (κ2) is 310. The Hall–Kier alpha value is -1.16. The second-order valence-corrected chi connectivity index (χ2v) is 0.224. The zero-order valence-electron chi connectivity index (χ0n) is 6.17. The summed E-state index contributed by atoms with van der Waals surface area (Å²) in [5, 5.41) is 14.8. The summed E-state index contributed by atoms with van der Waals surface area (Å²) in [5.41, 5.74) is 0. The van der Waals surface area contributed by atoms with E-state index in [-0.39, 0.29) is 49.3 Å². The van der Waals surface area contributed by atoms with Crippen molar-refractivity contribution in [3.05, 3.63) is 15.3 Å². The molecule has 0 bridgehead atoms. The molecule has 18 N–H and O–H groups in total. The first kappa shape index (κ1) is 411. The average Bonchev–Trinajstić information content (AvgIpc) is 0.811. The summed E-state index contributed by atoms with van der Waals surface area (Å²) in [5.74, 6) is 0. The molecule has 13 heteroatoms. The van der Waals surface area contributed by atoms with E-state index >= 15 is 0 Å². The Bertz CT molecular complexity index is 28.1. The van der Waals surface area contributed by atoms with E-state index in [0.717, 1.165) is 0 Å². The van der Waals surface area contributed by atoms with Gasteiger partial charge in [-0.1, -0.05) is 0 Å². The number of nitrogens with zero attached hydrogens (tertiary/aromatic N) is 1. The first-order valence-electron chi connectivity index (χ1n) is 0.548. The van der Waals surface area contributed by atoms with Gasteiger partial charge in [0.2, 0.25) is 0 Å². The molecule has 0 aliphatic heterocycles. The highest BCUT2D eigenvalue weighted by atomic mass is 16.9. The molecular formula is H18NO12-. The topological polar surface area (TPSA) is 350 Å². The van der Waals surface area contributed by atoms with Gasteiger partial charge in [-0.25, -0.2) is 0 Å². The summed E-state index contributed by atoms with van der Waals surface area (Å²) >= 11 is 0. The van der Waals surface area contributed by atoms with Gasteiger partial charge < -0.3 is 64.6 Å². The molecular weight excluding hydrogens is 206 g/mol. The van der Waals surface area contributed by atoms with E-state index in [0.29, 0.717) is 0 Å². The van der Waals surface area contributed by atoms with Crippen molar-refractivity contribution in [2.24, 2.45) is 0 Å². The van der Waals surface area contributed by atoms with Gasteiger partial charge in [0, 0.05) is 0 Å². The molecule has 0 aliphatic rings. The zero-order valence-corrected chi connectivity index (χ0v) is 6.17. The fraction of sp³-hybridized carbons (Fsp3) is 0. The maximum Gasteiger partial charge on any atom is 0.0689 e. The van der Waals surface area contributed by atoms with Gasteiger partial charge in [0.25, 0.3) is 0 Å². The Kier molecular flexibility index (Phi) is 9800. The standard InChI is InChI=1S/NO3.9H2O/c2-1(3)4;;;;;;;;;/h;9*1H2/q-1;;;;;;;;;. The van der Waals surface area contributed by atoms with Crippen LogP contribution in [-0.2, 0) is 0 Å². The van der Waals surface area contributed by atoms with Gasteiger partial charge in [-0.3, -0.25) is 0 Å². The quantitative estimate of drug-likeness (QED) is 0.285. The number of hydrogen-bond acceptors (Lipinski definition) is 3. The lowest BCUT2D eigenvalue weighted by molar-refractivity contribution is -0.402. The van der Waals surface area contributed by atoms with Crippen molar-refractivity contribution >= 4 is 0 Å². The molecule has 0 rings (SSSR count). The van der Waals surface area contributed by atoms with Crippen molar-refractivity contribution in [1.82, 2.24) is 0 Å². The highest BCUT2D eigenvalue weighted by Gasteiger charge is 1.45. The summed E-state index contributed by atoms with van der Waals surface area (Å²) in [4.78, 5) is 8.25. The molecule has 0 aliphatic carbocycles. The smallest absolute Gasteiger partial charge is 0.0689 e. The lowest BCUT2D eigenvalue weighted by atomic mass is 13.1. The molecule has 0 aromatic carbocycles. The predicted octanol–water partition coefficient (Wildman–Crippen LogP) is -7.66. The van der Waals surface area contributed by atoms with E-state index in [2.05, 4.69) is 0 Å². The van der Waals surface area contributed by atoms with Crippen LogP contribution in [0.5, 0.6) is 0 Å². The summed E-state index contributed by atoms with van der Waals surface area (Å²) in [7, 11) is 0. The van der Waals surface area contributed by atoms with Crippen LogP contribution in [0.15, 0.2) is 0 Å². The molecule has 0 aromatic heterocycles. The maximum atomic E-state index is 8.25. The minimum atomic E-state index is -1.75. The van der Waals surface area contributed by atoms with Crippen LogP contribution in [-0.4, -0.2) is 54.4 Å². The third-order valence-electron chi connectivity index (χ3n) is 0. The molecule has 0 aromatic rings. The second-order valence-electron chi connectivity index (χ2n) is 0.224. The maximum absolute atomic E-state index is 8.25. The van der Waals surface area contributed by atoms with Crippen LogP contribution in [0.4, 0.5) is 0 Å². The van der Waals surface area contributed by atoms with Gasteiger partial charge in [0.1, 0.15) is 0 Å². The van der Waals surface area contributed by atoms with Crippen LogP contribution in [0.25, 0.3) is 0 Å². The molecule has 0 amide bonds. The van der Waals surface area contributed by atoms with Gasteiger partial charge in [-0.05, 0) is 0 Å². The molecule has 13 heavy (non-hydrogen) atoms. The third kappa shape index (κ3) is 630. The summed E-state index contributed by atoms with van der Waals surface area (Å²) in [6.45, 7) is 0. The Morgan fingerprint density at radius 3 is 0.538 bits per heavy atom. The molecule has 13 nitrogen and oxygen atoms in total. The molecule has 0 fully saturated rings. The van der Waals surface area contributed by atoms with Crippen molar-refractivity contribution in [3.63, 3.8) is 0 Å².